The number of benzene rings is 1. The highest BCUT2D eigenvalue weighted by molar-refractivity contribution is 7.80. The van der Waals surface area contributed by atoms with Crippen LogP contribution in [0, 0.1) is 0 Å². The van der Waals surface area contributed by atoms with Crippen molar-refractivity contribution in [3.8, 4) is 5.75 Å². The maximum atomic E-state index is 9.39. The van der Waals surface area contributed by atoms with Crippen molar-refractivity contribution >= 4 is 46.1 Å². The van der Waals surface area contributed by atoms with Gasteiger partial charge in [0.15, 0.2) is 10.2 Å². The van der Waals surface area contributed by atoms with Gasteiger partial charge in [-0.05, 0) is 55.6 Å². The van der Waals surface area contributed by atoms with Crippen LogP contribution in [0.2, 0.25) is 0 Å². The van der Waals surface area contributed by atoms with E-state index in [1.54, 1.807) is 45.3 Å². The van der Waals surface area contributed by atoms with Crippen LogP contribution in [0.4, 0.5) is 0 Å². The molecule has 0 amide bonds. The summed E-state index contributed by atoms with van der Waals surface area (Å²) in [5.74, 6) is 0.172. The topological polar surface area (TPSA) is 93.1 Å². The monoisotopic (exact) mass is 338 g/mol. The molecule has 0 saturated heterocycles. The number of rotatable bonds is 4. The molecule has 0 saturated carbocycles. The molecule has 118 valence electrons. The standard InChI is InChI=1S/C13H18N6OS2/c1-8(16-18-12(21)14-2)11(17-19-13(22)15-3)9-4-6-10(20)7-5-9/h4-7,20H,1-3H3,(H2,14,18,21)(H2,15,19,22). The van der Waals surface area contributed by atoms with Gasteiger partial charge in [0.1, 0.15) is 11.5 Å². The van der Waals surface area contributed by atoms with Gasteiger partial charge in [0, 0.05) is 19.7 Å². The Morgan fingerprint density at radius 1 is 0.955 bits per heavy atom. The highest BCUT2D eigenvalue weighted by Crippen LogP contribution is 2.11. The largest absolute Gasteiger partial charge is 0.508 e. The first-order valence-electron chi connectivity index (χ1n) is 6.35. The highest BCUT2D eigenvalue weighted by Gasteiger charge is 2.09. The first-order valence-corrected chi connectivity index (χ1v) is 7.16. The van der Waals surface area contributed by atoms with Gasteiger partial charge in [0.25, 0.3) is 0 Å². The van der Waals surface area contributed by atoms with E-state index in [0.717, 1.165) is 5.56 Å². The van der Waals surface area contributed by atoms with Gasteiger partial charge in [-0.2, -0.15) is 10.2 Å². The van der Waals surface area contributed by atoms with Crippen LogP contribution in [0.15, 0.2) is 34.5 Å². The summed E-state index contributed by atoms with van der Waals surface area (Å²) in [5.41, 5.74) is 7.33. The average Bonchev–Trinajstić information content (AvgIpc) is 2.53. The van der Waals surface area contributed by atoms with Crippen LogP contribution in [0.1, 0.15) is 12.5 Å². The van der Waals surface area contributed by atoms with Crippen LogP contribution in [-0.2, 0) is 0 Å². The minimum atomic E-state index is 0.172. The molecule has 0 bridgehead atoms. The van der Waals surface area contributed by atoms with Crippen molar-refractivity contribution in [3.63, 3.8) is 0 Å². The number of hydrogen-bond donors (Lipinski definition) is 5. The molecule has 9 heteroatoms. The first kappa shape index (κ1) is 17.8. The number of phenolic OH excluding ortho intramolecular Hbond substituents is 1. The molecule has 0 aliphatic carbocycles. The van der Waals surface area contributed by atoms with E-state index in [1.165, 1.54) is 0 Å². The third-order valence-corrected chi connectivity index (χ3v) is 3.12. The molecule has 0 aliphatic rings. The second-order valence-electron chi connectivity index (χ2n) is 4.09. The lowest BCUT2D eigenvalue weighted by Crippen LogP contribution is -2.32. The Morgan fingerprint density at radius 2 is 1.45 bits per heavy atom. The molecule has 0 atom stereocenters. The number of hydrogen-bond acceptors (Lipinski definition) is 5. The fourth-order valence-electron chi connectivity index (χ4n) is 1.38. The molecule has 0 spiro atoms. The maximum absolute atomic E-state index is 9.39. The van der Waals surface area contributed by atoms with Crippen molar-refractivity contribution < 1.29 is 5.11 Å². The Morgan fingerprint density at radius 3 is 1.95 bits per heavy atom. The lowest BCUT2D eigenvalue weighted by molar-refractivity contribution is 0.475. The van der Waals surface area contributed by atoms with Gasteiger partial charge in [0.2, 0.25) is 0 Å². The smallest absolute Gasteiger partial charge is 0.186 e. The number of nitrogens with zero attached hydrogens (tertiary/aromatic N) is 2. The first-order chi connectivity index (χ1) is 10.5. The second-order valence-corrected chi connectivity index (χ2v) is 4.90. The third kappa shape index (κ3) is 5.62. The van der Waals surface area contributed by atoms with Gasteiger partial charge < -0.3 is 15.7 Å². The van der Waals surface area contributed by atoms with Crippen molar-refractivity contribution in [2.45, 2.75) is 6.92 Å². The molecule has 0 radical (unpaired) electrons. The molecular formula is C13H18N6OS2. The molecule has 1 aromatic rings. The molecule has 0 aliphatic heterocycles. The molecular weight excluding hydrogens is 320 g/mol. The fraction of sp³-hybridized carbons (Fsp3) is 0.231. The van der Waals surface area contributed by atoms with E-state index in [2.05, 4.69) is 31.7 Å². The summed E-state index contributed by atoms with van der Waals surface area (Å²) in [4.78, 5) is 0. The normalized spacial score (nSPS) is 11.6. The van der Waals surface area contributed by atoms with E-state index in [-0.39, 0.29) is 5.75 Å². The Labute approximate surface area is 139 Å². The Balaban J connectivity index is 3.07. The summed E-state index contributed by atoms with van der Waals surface area (Å²) in [5, 5.41) is 24.1. The van der Waals surface area contributed by atoms with Gasteiger partial charge in [0.05, 0.1) is 5.71 Å². The molecule has 1 aromatic carbocycles. The van der Waals surface area contributed by atoms with Gasteiger partial charge in [-0.15, -0.1) is 0 Å². The summed E-state index contributed by atoms with van der Waals surface area (Å²) in [6.45, 7) is 1.78. The minimum Gasteiger partial charge on any atom is -0.508 e. The fourth-order valence-corrected chi connectivity index (χ4v) is 1.47. The summed E-state index contributed by atoms with van der Waals surface area (Å²) in [7, 11) is 3.39. The summed E-state index contributed by atoms with van der Waals surface area (Å²) < 4.78 is 0. The molecule has 0 unspecified atom stereocenters. The number of hydrazone groups is 2. The average molecular weight is 338 g/mol. The molecule has 5 N–H and O–H groups in total. The number of thiocarbonyl (C=S) groups is 2. The molecule has 7 nitrogen and oxygen atoms in total. The summed E-state index contributed by atoms with van der Waals surface area (Å²) in [6.07, 6.45) is 0. The number of nitrogens with one attached hydrogen (secondary N) is 4. The van der Waals surface area contributed by atoms with E-state index in [9.17, 15) is 5.11 Å². The predicted molar refractivity (Wildman–Crippen MR) is 97.3 cm³/mol. The Hall–Kier alpha value is -2.26. The summed E-state index contributed by atoms with van der Waals surface area (Å²) in [6, 6.07) is 6.60. The second kappa shape index (κ2) is 8.90. The van der Waals surface area contributed by atoms with Crippen LogP contribution < -0.4 is 21.5 Å². The van der Waals surface area contributed by atoms with Crippen LogP contribution in [0.25, 0.3) is 0 Å². The SMILES string of the molecule is CNC(=S)NN=C(C)C(=NNC(=S)NC)c1ccc(O)cc1. The zero-order valence-electron chi connectivity index (χ0n) is 12.5. The van der Waals surface area contributed by atoms with E-state index >= 15 is 0 Å². The molecule has 22 heavy (non-hydrogen) atoms. The van der Waals surface area contributed by atoms with Crippen molar-refractivity contribution in [1.82, 2.24) is 21.5 Å². The van der Waals surface area contributed by atoms with Crippen LogP contribution in [-0.4, -0.2) is 40.9 Å². The van der Waals surface area contributed by atoms with Gasteiger partial charge in [-0.25, -0.2) is 0 Å². The van der Waals surface area contributed by atoms with E-state index < -0.39 is 0 Å². The van der Waals surface area contributed by atoms with E-state index in [1.807, 2.05) is 0 Å². The summed E-state index contributed by atoms with van der Waals surface area (Å²) >= 11 is 9.97. The van der Waals surface area contributed by atoms with Gasteiger partial charge in [-0.1, -0.05) is 0 Å². The maximum Gasteiger partial charge on any atom is 0.186 e. The van der Waals surface area contributed by atoms with Crippen LogP contribution >= 0.6 is 24.4 Å². The van der Waals surface area contributed by atoms with Gasteiger partial charge >= 0.3 is 0 Å². The highest BCUT2D eigenvalue weighted by atomic mass is 32.1. The lowest BCUT2D eigenvalue weighted by Gasteiger charge is -2.09. The predicted octanol–water partition coefficient (Wildman–Crippen LogP) is 0.660. The van der Waals surface area contributed by atoms with Crippen molar-refractivity contribution in [3.05, 3.63) is 29.8 Å². The molecule has 0 aromatic heterocycles. The van der Waals surface area contributed by atoms with Crippen molar-refractivity contribution in [2.75, 3.05) is 14.1 Å². The van der Waals surface area contributed by atoms with Crippen LogP contribution in [0.5, 0.6) is 5.75 Å². The number of phenols is 1. The Bertz CT molecular complexity index is 597. The van der Waals surface area contributed by atoms with E-state index in [4.69, 9.17) is 24.4 Å². The van der Waals surface area contributed by atoms with E-state index in [0.29, 0.717) is 21.6 Å². The lowest BCUT2D eigenvalue weighted by atomic mass is 10.1. The molecule has 0 fully saturated rings. The minimum absolute atomic E-state index is 0.172. The molecule has 0 heterocycles. The molecule has 1 rings (SSSR count). The zero-order chi connectivity index (χ0) is 16.5. The van der Waals surface area contributed by atoms with Crippen molar-refractivity contribution in [2.24, 2.45) is 10.2 Å². The zero-order valence-corrected chi connectivity index (χ0v) is 14.1. The van der Waals surface area contributed by atoms with Crippen LogP contribution in [0.3, 0.4) is 0 Å². The third-order valence-electron chi connectivity index (χ3n) is 2.53. The Kier molecular flexibility index (Phi) is 7.20. The van der Waals surface area contributed by atoms with Crippen molar-refractivity contribution in [1.29, 1.82) is 0 Å². The quantitative estimate of drug-likeness (QED) is 0.313. The number of aromatic hydroxyl groups is 1. The van der Waals surface area contributed by atoms with Gasteiger partial charge in [-0.3, -0.25) is 10.9 Å².